The van der Waals surface area contributed by atoms with Crippen LogP contribution in [0.3, 0.4) is 0 Å². The van der Waals surface area contributed by atoms with Crippen molar-refractivity contribution in [1.82, 2.24) is 0 Å². The maximum absolute atomic E-state index is 12.1. The van der Waals surface area contributed by atoms with Gasteiger partial charge < -0.3 is 15.4 Å². The van der Waals surface area contributed by atoms with E-state index >= 15 is 0 Å². The molecule has 0 radical (unpaired) electrons. The van der Waals surface area contributed by atoms with Crippen LogP contribution in [0.15, 0.2) is 42.5 Å². The van der Waals surface area contributed by atoms with Gasteiger partial charge in [-0.2, -0.15) is 0 Å². The van der Waals surface area contributed by atoms with Gasteiger partial charge in [-0.1, -0.05) is 17.7 Å². The molecule has 0 atom stereocenters. The second-order valence-electron chi connectivity index (χ2n) is 6.03. The van der Waals surface area contributed by atoms with Crippen molar-refractivity contribution < 1.29 is 14.3 Å². The second-order valence-corrected chi connectivity index (χ2v) is 6.47. The van der Waals surface area contributed by atoms with Crippen molar-refractivity contribution in [2.24, 2.45) is 5.92 Å². The number of carbonyl (C=O) groups excluding carboxylic acids is 2. The molecule has 0 aliphatic heterocycles. The van der Waals surface area contributed by atoms with E-state index in [0.717, 1.165) is 18.4 Å². The zero-order chi connectivity index (χ0) is 17.8. The van der Waals surface area contributed by atoms with Crippen LogP contribution in [0.1, 0.15) is 18.4 Å². The molecule has 2 aromatic carbocycles. The van der Waals surface area contributed by atoms with Crippen molar-refractivity contribution in [2.75, 3.05) is 17.2 Å². The van der Waals surface area contributed by atoms with E-state index in [9.17, 15) is 9.59 Å². The summed E-state index contributed by atoms with van der Waals surface area (Å²) in [4.78, 5) is 24.0. The van der Waals surface area contributed by atoms with Crippen LogP contribution in [0.4, 0.5) is 11.4 Å². The highest BCUT2D eigenvalue weighted by Gasteiger charge is 2.29. The summed E-state index contributed by atoms with van der Waals surface area (Å²) in [5, 5.41) is 6.33. The SMILES string of the molecule is Cc1c(NC(=O)COc2ccc(Cl)cc2)cccc1NC(=O)C1CC1. The fourth-order valence-corrected chi connectivity index (χ4v) is 2.48. The summed E-state index contributed by atoms with van der Waals surface area (Å²) in [5.74, 6) is 0.466. The number of hydrogen-bond acceptors (Lipinski definition) is 3. The van der Waals surface area contributed by atoms with Crippen molar-refractivity contribution in [2.45, 2.75) is 19.8 Å². The Hall–Kier alpha value is -2.53. The Kier molecular flexibility index (Phi) is 5.24. The molecule has 1 aliphatic rings. The van der Waals surface area contributed by atoms with Gasteiger partial charge in [-0.05, 0) is 61.7 Å². The van der Waals surface area contributed by atoms with Crippen LogP contribution in [0.25, 0.3) is 0 Å². The summed E-state index contributed by atoms with van der Waals surface area (Å²) in [6.07, 6.45) is 1.90. The molecule has 3 rings (SSSR count). The smallest absolute Gasteiger partial charge is 0.262 e. The third-order valence-corrected chi connectivity index (χ3v) is 4.25. The zero-order valence-corrected chi connectivity index (χ0v) is 14.6. The van der Waals surface area contributed by atoms with Gasteiger partial charge in [0.15, 0.2) is 6.61 Å². The van der Waals surface area contributed by atoms with E-state index in [1.807, 2.05) is 13.0 Å². The fraction of sp³-hybridized carbons (Fsp3) is 0.263. The Morgan fingerprint density at radius 2 is 1.72 bits per heavy atom. The van der Waals surface area contributed by atoms with Gasteiger partial charge in [-0.15, -0.1) is 0 Å². The quantitative estimate of drug-likeness (QED) is 0.819. The van der Waals surface area contributed by atoms with Gasteiger partial charge >= 0.3 is 0 Å². The fourth-order valence-electron chi connectivity index (χ4n) is 2.35. The molecule has 25 heavy (non-hydrogen) atoms. The molecule has 0 saturated heterocycles. The minimum Gasteiger partial charge on any atom is -0.484 e. The van der Waals surface area contributed by atoms with Crippen LogP contribution in [0.5, 0.6) is 5.75 Å². The molecule has 2 aromatic rings. The lowest BCUT2D eigenvalue weighted by molar-refractivity contribution is -0.118. The lowest BCUT2D eigenvalue weighted by Gasteiger charge is -2.13. The molecule has 0 spiro atoms. The van der Waals surface area contributed by atoms with Crippen molar-refractivity contribution in [3.05, 3.63) is 53.1 Å². The molecule has 2 N–H and O–H groups in total. The molecule has 0 unspecified atom stereocenters. The third-order valence-electron chi connectivity index (χ3n) is 4.00. The Bertz CT molecular complexity index is 786. The molecular weight excluding hydrogens is 340 g/mol. The predicted octanol–water partition coefficient (Wildman–Crippen LogP) is 4.01. The first kappa shape index (κ1) is 17.3. The molecule has 6 heteroatoms. The minimum atomic E-state index is -0.274. The number of benzene rings is 2. The first-order chi connectivity index (χ1) is 12.0. The van der Waals surface area contributed by atoms with Gasteiger partial charge in [-0.25, -0.2) is 0 Å². The zero-order valence-electron chi connectivity index (χ0n) is 13.8. The van der Waals surface area contributed by atoms with E-state index in [-0.39, 0.29) is 24.3 Å². The van der Waals surface area contributed by atoms with E-state index in [4.69, 9.17) is 16.3 Å². The molecule has 5 nitrogen and oxygen atoms in total. The van der Waals surface area contributed by atoms with Gasteiger partial charge in [0.05, 0.1) is 0 Å². The monoisotopic (exact) mass is 358 g/mol. The van der Waals surface area contributed by atoms with Gasteiger partial charge in [0.25, 0.3) is 5.91 Å². The average molecular weight is 359 g/mol. The number of carbonyl (C=O) groups is 2. The first-order valence-electron chi connectivity index (χ1n) is 8.11. The summed E-state index contributed by atoms with van der Waals surface area (Å²) in [7, 11) is 0. The largest absolute Gasteiger partial charge is 0.484 e. The standard InChI is InChI=1S/C19H19ClN2O3/c1-12-16(3-2-4-17(12)22-19(24)13-5-6-13)21-18(23)11-25-15-9-7-14(20)8-10-15/h2-4,7-10,13H,5-6,11H2,1H3,(H,21,23)(H,22,24). The molecular formula is C19H19ClN2O3. The Labute approximate surface area is 151 Å². The maximum atomic E-state index is 12.1. The Morgan fingerprint density at radius 3 is 2.36 bits per heavy atom. The number of amides is 2. The van der Waals surface area contributed by atoms with Gasteiger partial charge in [0, 0.05) is 22.3 Å². The van der Waals surface area contributed by atoms with E-state index in [0.29, 0.717) is 22.1 Å². The minimum absolute atomic E-state index is 0.0395. The molecule has 1 saturated carbocycles. The predicted molar refractivity (Wildman–Crippen MR) is 98.1 cm³/mol. The number of hydrogen-bond donors (Lipinski definition) is 2. The second kappa shape index (κ2) is 7.57. The van der Waals surface area contributed by atoms with Gasteiger partial charge in [0.1, 0.15) is 5.75 Å². The summed E-state index contributed by atoms with van der Waals surface area (Å²) < 4.78 is 5.43. The molecule has 0 aromatic heterocycles. The van der Waals surface area contributed by atoms with E-state index in [1.54, 1.807) is 36.4 Å². The summed E-state index contributed by atoms with van der Waals surface area (Å²) in [5.41, 5.74) is 2.18. The summed E-state index contributed by atoms with van der Waals surface area (Å²) in [6.45, 7) is 1.75. The maximum Gasteiger partial charge on any atom is 0.262 e. The van der Waals surface area contributed by atoms with Crippen LogP contribution in [0.2, 0.25) is 5.02 Å². The van der Waals surface area contributed by atoms with E-state index in [2.05, 4.69) is 10.6 Å². The van der Waals surface area contributed by atoms with Crippen LogP contribution >= 0.6 is 11.6 Å². The van der Waals surface area contributed by atoms with Crippen LogP contribution in [-0.2, 0) is 9.59 Å². The molecule has 130 valence electrons. The van der Waals surface area contributed by atoms with Crippen molar-refractivity contribution in [3.8, 4) is 5.75 Å². The Morgan fingerprint density at radius 1 is 1.08 bits per heavy atom. The van der Waals surface area contributed by atoms with Crippen molar-refractivity contribution in [1.29, 1.82) is 0 Å². The van der Waals surface area contributed by atoms with Crippen LogP contribution in [0, 0.1) is 12.8 Å². The normalized spacial score (nSPS) is 13.2. The van der Waals surface area contributed by atoms with Gasteiger partial charge in [-0.3, -0.25) is 9.59 Å². The number of anilines is 2. The topological polar surface area (TPSA) is 67.4 Å². The summed E-state index contributed by atoms with van der Waals surface area (Å²) >= 11 is 5.81. The number of nitrogens with one attached hydrogen (secondary N) is 2. The van der Waals surface area contributed by atoms with Crippen LogP contribution in [-0.4, -0.2) is 18.4 Å². The molecule has 2 amide bonds. The molecule has 0 bridgehead atoms. The number of ether oxygens (including phenoxy) is 1. The lowest BCUT2D eigenvalue weighted by atomic mass is 10.1. The molecule has 0 heterocycles. The van der Waals surface area contributed by atoms with Crippen molar-refractivity contribution in [3.63, 3.8) is 0 Å². The van der Waals surface area contributed by atoms with Crippen molar-refractivity contribution >= 4 is 34.8 Å². The summed E-state index contributed by atoms with van der Waals surface area (Å²) in [6, 6.07) is 12.2. The van der Waals surface area contributed by atoms with Gasteiger partial charge in [0.2, 0.25) is 5.91 Å². The number of halogens is 1. The number of rotatable bonds is 6. The van der Waals surface area contributed by atoms with E-state index in [1.165, 1.54) is 0 Å². The average Bonchev–Trinajstić information content (AvgIpc) is 3.43. The third kappa shape index (κ3) is 4.73. The lowest BCUT2D eigenvalue weighted by Crippen LogP contribution is -2.21. The van der Waals surface area contributed by atoms with Crippen LogP contribution < -0.4 is 15.4 Å². The van der Waals surface area contributed by atoms with E-state index < -0.39 is 0 Å². The molecule has 1 aliphatic carbocycles. The highest BCUT2D eigenvalue weighted by molar-refractivity contribution is 6.30. The highest BCUT2D eigenvalue weighted by Crippen LogP contribution is 2.31. The molecule has 1 fully saturated rings. The Balaban J connectivity index is 1.58. The highest BCUT2D eigenvalue weighted by atomic mass is 35.5. The first-order valence-corrected chi connectivity index (χ1v) is 8.49.